The fourth-order valence-corrected chi connectivity index (χ4v) is 2.78. The van der Waals surface area contributed by atoms with Crippen LogP contribution in [0.3, 0.4) is 0 Å². The summed E-state index contributed by atoms with van der Waals surface area (Å²) < 4.78 is 31.7. The van der Waals surface area contributed by atoms with Gasteiger partial charge in [0.2, 0.25) is 11.8 Å². The molecule has 1 fully saturated rings. The molecule has 1 aromatic carbocycles. The smallest absolute Gasteiger partial charge is 0.325 e. The van der Waals surface area contributed by atoms with Gasteiger partial charge in [0, 0.05) is 38.0 Å². The SMILES string of the molecule is COC(=O)CN(C)C(=O)C[C@@H]1CCC(=O)N1Cc1cccc(F)c1F. The number of halogens is 2. The summed E-state index contributed by atoms with van der Waals surface area (Å²) in [5, 5.41) is 0. The van der Waals surface area contributed by atoms with Crippen LogP contribution in [0, 0.1) is 11.6 Å². The first kappa shape index (κ1) is 18.8. The van der Waals surface area contributed by atoms with E-state index >= 15 is 0 Å². The van der Waals surface area contributed by atoms with Crippen LogP contribution in [0.5, 0.6) is 0 Å². The zero-order valence-electron chi connectivity index (χ0n) is 14.1. The van der Waals surface area contributed by atoms with Crippen molar-refractivity contribution in [2.45, 2.75) is 31.8 Å². The number of rotatable bonds is 6. The van der Waals surface area contributed by atoms with E-state index in [0.717, 1.165) is 6.07 Å². The van der Waals surface area contributed by atoms with E-state index < -0.39 is 23.6 Å². The number of carbonyl (C=O) groups excluding carboxylic acids is 3. The van der Waals surface area contributed by atoms with Gasteiger partial charge in [-0.15, -0.1) is 0 Å². The average molecular weight is 354 g/mol. The molecule has 0 radical (unpaired) electrons. The molecule has 0 unspecified atom stereocenters. The molecule has 1 aromatic rings. The molecule has 1 saturated heterocycles. The number of amides is 2. The Labute approximate surface area is 144 Å². The highest BCUT2D eigenvalue weighted by Crippen LogP contribution is 2.25. The summed E-state index contributed by atoms with van der Waals surface area (Å²) in [4.78, 5) is 38.1. The third-order valence-electron chi connectivity index (χ3n) is 4.25. The van der Waals surface area contributed by atoms with Crippen LogP contribution in [0.1, 0.15) is 24.8 Å². The molecule has 8 heteroatoms. The minimum absolute atomic E-state index is 0.0101. The average Bonchev–Trinajstić information content (AvgIpc) is 2.91. The van der Waals surface area contributed by atoms with Gasteiger partial charge in [-0.2, -0.15) is 0 Å². The Morgan fingerprint density at radius 1 is 1.36 bits per heavy atom. The Kier molecular flexibility index (Phi) is 6.06. The van der Waals surface area contributed by atoms with Crippen molar-refractivity contribution in [1.82, 2.24) is 9.80 Å². The number of likely N-dealkylation sites (N-methyl/N-ethyl adjacent to an activating group) is 1. The Balaban J connectivity index is 2.05. The quantitative estimate of drug-likeness (QED) is 0.726. The Morgan fingerprint density at radius 2 is 2.08 bits per heavy atom. The van der Waals surface area contributed by atoms with E-state index in [1.807, 2.05) is 0 Å². The van der Waals surface area contributed by atoms with Gasteiger partial charge in [-0.25, -0.2) is 8.78 Å². The van der Waals surface area contributed by atoms with Crippen LogP contribution >= 0.6 is 0 Å². The van der Waals surface area contributed by atoms with Crippen LogP contribution in [0.25, 0.3) is 0 Å². The van der Waals surface area contributed by atoms with E-state index in [1.165, 1.54) is 36.1 Å². The number of nitrogens with zero attached hydrogens (tertiary/aromatic N) is 2. The van der Waals surface area contributed by atoms with Crippen molar-refractivity contribution in [3.63, 3.8) is 0 Å². The zero-order valence-corrected chi connectivity index (χ0v) is 14.1. The fourth-order valence-electron chi connectivity index (χ4n) is 2.78. The third kappa shape index (κ3) is 4.52. The van der Waals surface area contributed by atoms with Crippen LogP contribution < -0.4 is 0 Å². The summed E-state index contributed by atoms with van der Waals surface area (Å²) in [6, 6.07) is 3.38. The lowest BCUT2D eigenvalue weighted by atomic mass is 10.1. The highest BCUT2D eigenvalue weighted by molar-refractivity contribution is 5.84. The lowest BCUT2D eigenvalue weighted by molar-refractivity contribution is -0.146. The number of hydrogen-bond donors (Lipinski definition) is 0. The summed E-state index contributed by atoms with van der Waals surface area (Å²) in [7, 11) is 2.69. The maximum absolute atomic E-state index is 13.8. The molecule has 0 spiro atoms. The van der Waals surface area contributed by atoms with Crippen molar-refractivity contribution in [3.8, 4) is 0 Å². The zero-order chi connectivity index (χ0) is 18.6. The van der Waals surface area contributed by atoms with Gasteiger partial charge in [0.25, 0.3) is 0 Å². The van der Waals surface area contributed by atoms with Gasteiger partial charge in [0.1, 0.15) is 6.54 Å². The predicted molar refractivity (Wildman–Crippen MR) is 84.2 cm³/mol. The van der Waals surface area contributed by atoms with Crippen molar-refractivity contribution in [2.75, 3.05) is 20.7 Å². The molecular weight excluding hydrogens is 334 g/mol. The first-order valence-electron chi connectivity index (χ1n) is 7.86. The lowest BCUT2D eigenvalue weighted by Gasteiger charge is -2.26. The second-order valence-corrected chi connectivity index (χ2v) is 5.96. The van der Waals surface area contributed by atoms with Crippen molar-refractivity contribution < 1.29 is 27.9 Å². The molecule has 2 amide bonds. The predicted octanol–water partition coefficient (Wildman–Crippen LogP) is 1.48. The first-order chi connectivity index (χ1) is 11.8. The molecule has 1 aliphatic rings. The van der Waals surface area contributed by atoms with Gasteiger partial charge in [0.15, 0.2) is 11.6 Å². The van der Waals surface area contributed by atoms with Crippen LogP contribution in [0.2, 0.25) is 0 Å². The van der Waals surface area contributed by atoms with E-state index in [9.17, 15) is 23.2 Å². The van der Waals surface area contributed by atoms with E-state index in [4.69, 9.17) is 0 Å². The minimum Gasteiger partial charge on any atom is -0.468 e. The molecular formula is C17H20F2N2O4. The molecule has 0 N–H and O–H groups in total. The molecule has 0 saturated carbocycles. The lowest BCUT2D eigenvalue weighted by Crippen LogP contribution is -2.39. The van der Waals surface area contributed by atoms with Gasteiger partial charge >= 0.3 is 5.97 Å². The van der Waals surface area contributed by atoms with Crippen LogP contribution in [-0.4, -0.2) is 54.3 Å². The molecule has 1 atom stereocenters. The van der Waals surface area contributed by atoms with Gasteiger partial charge < -0.3 is 14.5 Å². The second-order valence-electron chi connectivity index (χ2n) is 5.96. The van der Waals surface area contributed by atoms with Crippen LogP contribution in [0.4, 0.5) is 8.78 Å². The molecule has 0 aromatic heterocycles. The normalized spacial score (nSPS) is 16.9. The number of ether oxygens (including phenoxy) is 1. The van der Waals surface area contributed by atoms with Gasteiger partial charge in [0.05, 0.1) is 7.11 Å². The van der Waals surface area contributed by atoms with Crippen LogP contribution in [0.15, 0.2) is 18.2 Å². The van der Waals surface area contributed by atoms with Crippen LogP contribution in [-0.2, 0) is 25.7 Å². The monoisotopic (exact) mass is 354 g/mol. The molecule has 136 valence electrons. The molecule has 0 aliphatic carbocycles. The first-order valence-corrected chi connectivity index (χ1v) is 7.86. The largest absolute Gasteiger partial charge is 0.468 e. The maximum atomic E-state index is 13.8. The minimum atomic E-state index is -0.991. The number of methoxy groups -OCH3 is 1. The topological polar surface area (TPSA) is 66.9 Å². The fraction of sp³-hybridized carbons (Fsp3) is 0.471. The Hall–Kier alpha value is -2.51. The summed E-state index contributed by atoms with van der Waals surface area (Å²) in [5.41, 5.74) is 0.0654. The van der Waals surface area contributed by atoms with Gasteiger partial charge in [-0.1, -0.05) is 12.1 Å². The van der Waals surface area contributed by atoms with Gasteiger partial charge in [-0.05, 0) is 12.5 Å². The molecule has 0 bridgehead atoms. The second kappa shape index (κ2) is 8.04. The molecule has 1 heterocycles. The van der Waals surface area contributed by atoms with E-state index in [0.29, 0.717) is 6.42 Å². The molecule has 6 nitrogen and oxygen atoms in total. The number of esters is 1. The number of hydrogen-bond acceptors (Lipinski definition) is 4. The summed E-state index contributed by atoms with van der Waals surface area (Å²) >= 11 is 0. The van der Waals surface area contributed by atoms with E-state index in [2.05, 4.69) is 4.74 Å². The summed E-state index contributed by atoms with van der Waals surface area (Å²) in [5.74, 6) is -3.05. The third-order valence-corrected chi connectivity index (χ3v) is 4.25. The number of likely N-dealkylation sites (tertiary alicyclic amines) is 1. The molecule has 1 aliphatic heterocycles. The number of benzene rings is 1. The van der Waals surface area contributed by atoms with Crippen molar-refractivity contribution in [3.05, 3.63) is 35.4 Å². The number of carbonyl (C=O) groups is 3. The highest BCUT2D eigenvalue weighted by atomic mass is 19.2. The van der Waals surface area contributed by atoms with E-state index in [-0.39, 0.29) is 43.3 Å². The maximum Gasteiger partial charge on any atom is 0.325 e. The molecule has 2 rings (SSSR count). The Bertz CT molecular complexity index is 681. The Morgan fingerprint density at radius 3 is 2.76 bits per heavy atom. The van der Waals surface area contributed by atoms with Crippen molar-refractivity contribution >= 4 is 17.8 Å². The van der Waals surface area contributed by atoms with E-state index in [1.54, 1.807) is 0 Å². The van der Waals surface area contributed by atoms with Crippen molar-refractivity contribution in [2.24, 2.45) is 0 Å². The van der Waals surface area contributed by atoms with Gasteiger partial charge in [-0.3, -0.25) is 14.4 Å². The standard InChI is InChI=1S/C17H20F2N2O4/c1-20(10-16(24)25-2)15(23)8-12-6-7-14(22)21(12)9-11-4-3-5-13(18)17(11)19/h3-5,12H,6-10H2,1-2H3/t12-/m0/s1. The molecule has 25 heavy (non-hydrogen) atoms. The summed E-state index contributed by atoms with van der Waals surface area (Å²) in [6.07, 6.45) is 0.708. The van der Waals surface area contributed by atoms with Crippen molar-refractivity contribution in [1.29, 1.82) is 0 Å². The summed E-state index contributed by atoms with van der Waals surface area (Å²) in [6.45, 7) is -0.282. The highest BCUT2D eigenvalue weighted by Gasteiger charge is 2.33.